The molecule has 0 spiro atoms. The number of carboxylic acid groups (broad SMARTS) is 1. The number of carboxylic acids is 1. The molecule has 3 heterocycles. The SMILES string of the molecule is COC(=O)NCC#Cc1ccc2ncnc(Nc3ccc(Oc4cccnc4)c(C)c3)c2c1.Cc1cc(C(=O)O)on1. The van der Waals surface area contributed by atoms with Crippen LogP contribution in [-0.4, -0.2) is 50.9 Å². The number of carbonyl (C=O) groups excluding carboxylic acids is 1. The number of methoxy groups -OCH3 is 1. The molecular weight excluding hydrogens is 540 g/mol. The molecule has 12 nitrogen and oxygen atoms in total. The second kappa shape index (κ2) is 13.9. The van der Waals surface area contributed by atoms with Crippen molar-refractivity contribution in [1.29, 1.82) is 0 Å². The lowest BCUT2D eigenvalue weighted by atomic mass is 10.1. The quantitative estimate of drug-likeness (QED) is 0.230. The number of carbonyl (C=O) groups is 2. The highest BCUT2D eigenvalue weighted by molar-refractivity contribution is 5.91. The van der Waals surface area contributed by atoms with Crippen LogP contribution in [0.3, 0.4) is 0 Å². The maximum atomic E-state index is 11.1. The van der Waals surface area contributed by atoms with E-state index in [0.717, 1.165) is 33.5 Å². The number of nitrogens with one attached hydrogen (secondary N) is 2. The van der Waals surface area contributed by atoms with E-state index in [1.807, 2.05) is 55.5 Å². The van der Waals surface area contributed by atoms with Crippen LogP contribution < -0.4 is 15.4 Å². The number of aryl methyl sites for hydroxylation is 2. The predicted molar refractivity (Wildman–Crippen MR) is 154 cm³/mol. The fourth-order valence-electron chi connectivity index (χ4n) is 3.55. The Morgan fingerprint density at radius 1 is 1.07 bits per heavy atom. The van der Waals surface area contributed by atoms with Gasteiger partial charge < -0.3 is 29.7 Å². The Morgan fingerprint density at radius 2 is 1.93 bits per heavy atom. The summed E-state index contributed by atoms with van der Waals surface area (Å²) in [5, 5.41) is 18.4. The molecule has 0 unspecified atom stereocenters. The van der Waals surface area contributed by atoms with E-state index in [2.05, 4.69) is 51.8 Å². The summed E-state index contributed by atoms with van der Waals surface area (Å²) in [6, 6.07) is 16.5. The van der Waals surface area contributed by atoms with E-state index in [9.17, 15) is 9.59 Å². The standard InChI is InChI=1S/C25H21N5O3.C5H5NO3/c1-17-13-19(8-10-23(17)33-20-6-4-11-26-15-20)30-24-21-14-18(5-3-12-27-25(31)32-2)7-9-22(21)28-16-29-24;1-3-2-4(5(7)8)9-6-3/h4,6-11,13-16H,12H2,1-2H3,(H,27,31)(H,28,29,30);2H,1H3,(H,7,8). The van der Waals surface area contributed by atoms with Crippen LogP contribution in [0.1, 0.15) is 27.4 Å². The number of nitrogens with zero attached hydrogens (tertiary/aromatic N) is 4. The minimum absolute atomic E-state index is 0.118. The summed E-state index contributed by atoms with van der Waals surface area (Å²) in [7, 11) is 1.31. The van der Waals surface area contributed by atoms with E-state index in [1.54, 1.807) is 19.3 Å². The summed E-state index contributed by atoms with van der Waals surface area (Å²) >= 11 is 0. The molecule has 3 N–H and O–H groups in total. The summed E-state index contributed by atoms with van der Waals surface area (Å²) in [4.78, 5) is 34.0. The number of fused-ring (bicyclic) bond motifs is 1. The maximum Gasteiger partial charge on any atom is 0.407 e. The minimum atomic E-state index is -1.09. The van der Waals surface area contributed by atoms with Crippen molar-refractivity contribution in [3.8, 4) is 23.3 Å². The molecule has 1 amide bonds. The third kappa shape index (κ3) is 8.03. The van der Waals surface area contributed by atoms with Crippen LogP contribution >= 0.6 is 0 Å². The highest BCUT2D eigenvalue weighted by atomic mass is 16.5. The van der Waals surface area contributed by atoms with Gasteiger partial charge in [-0.3, -0.25) is 4.98 Å². The lowest BCUT2D eigenvalue weighted by Gasteiger charge is -2.12. The number of aromatic carboxylic acids is 1. The van der Waals surface area contributed by atoms with E-state index in [4.69, 9.17) is 9.84 Å². The molecule has 212 valence electrons. The number of hydrogen-bond donors (Lipinski definition) is 3. The van der Waals surface area contributed by atoms with Crippen molar-refractivity contribution in [2.75, 3.05) is 19.0 Å². The van der Waals surface area contributed by atoms with Gasteiger partial charge >= 0.3 is 12.1 Å². The van der Waals surface area contributed by atoms with Crippen LogP contribution in [0, 0.1) is 25.7 Å². The lowest BCUT2D eigenvalue weighted by Crippen LogP contribution is -2.22. The minimum Gasteiger partial charge on any atom is -0.475 e. The first-order valence-electron chi connectivity index (χ1n) is 12.5. The number of aromatic nitrogens is 4. The Morgan fingerprint density at radius 3 is 2.60 bits per heavy atom. The van der Waals surface area contributed by atoms with Crippen molar-refractivity contribution in [2.45, 2.75) is 13.8 Å². The topological polar surface area (TPSA) is 162 Å². The maximum absolute atomic E-state index is 11.1. The largest absolute Gasteiger partial charge is 0.475 e. The number of alkyl carbamates (subject to hydrolysis) is 1. The molecule has 0 aliphatic carbocycles. The molecule has 0 atom stereocenters. The molecule has 0 saturated carbocycles. The van der Waals surface area contributed by atoms with E-state index in [-0.39, 0.29) is 12.3 Å². The highest BCUT2D eigenvalue weighted by Crippen LogP contribution is 2.29. The Labute approximate surface area is 240 Å². The average molecular weight is 567 g/mol. The van der Waals surface area contributed by atoms with Gasteiger partial charge in [0.25, 0.3) is 0 Å². The molecule has 0 saturated heterocycles. The molecule has 0 fully saturated rings. The Hall–Kier alpha value is -5.96. The summed E-state index contributed by atoms with van der Waals surface area (Å²) < 4.78 is 14.8. The van der Waals surface area contributed by atoms with Crippen molar-refractivity contribution in [3.05, 3.63) is 95.9 Å². The van der Waals surface area contributed by atoms with Gasteiger partial charge in [0, 0.05) is 28.9 Å². The van der Waals surface area contributed by atoms with Crippen molar-refractivity contribution in [2.24, 2.45) is 0 Å². The highest BCUT2D eigenvalue weighted by Gasteiger charge is 2.09. The van der Waals surface area contributed by atoms with E-state index >= 15 is 0 Å². The van der Waals surface area contributed by atoms with Crippen LogP contribution in [-0.2, 0) is 4.74 Å². The molecule has 42 heavy (non-hydrogen) atoms. The van der Waals surface area contributed by atoms with E-state index in [0.29, 0.717) is 17.3 Å². The van der Waals surface area contributed by atoms with Crippen LogP contribution in [0.2, 0.25) is 0 Å². The number of ether oxygens (including phenoxy) is 2. The van der Waals surface area contributed by atoms with Crippen LogP contribution in [0.5, 0.6) is 11.5 Å². The summed E-state index contributed by atoms with van der Waals surface area (Å²) in [5.41, 5.74) is 3.98. The zero-order valence-electron chi connectivity index (χ0n) is 22.9. The molecule has 12 heteroatoms. The first kappa shape index (κ1) is 29.0. The van der Waals surface area contributed by atoms with Gasteiger partial charge in [0.05, 0.1) is 31.1 Å². The summed E-state index contributed by atoms with van der Waals surface area (Å²) in [6.07, 6.45) is 4.37. The van der Waals surface area contributed by atoms with Gasteiger partial charge in [-0.1, -0.05) is 17.0 Å². The van der Waals surface area contributed by atoms with E-state index in [1.165, 1.54) is 19.5 Å². The molecule has 3 aromatic heterocycles. The van der Waals surface area contributed by atoms with Gasteiger partial charge in [-0.05, 0) is 67.9 Å². The van der Waals surface area contributed by atoms with Crippen molar-refractivity contribution >= 4 is 34.5 Å². The number of benzene rings is 2. The lowest BCUT2D eigenvalue weighted by molar-refractivity contribution is 0.0652. The molecule has 2 aromatic carbocycles. The summed E-state index contributed by atoms with van der Waals surface area (Å²) in [5.74, 6) is 6.80. The van der Waals surface area contributed by atoms with Crippen LogP contribution in [0.15, 0.2) is 77.8 Å². The fourth-order valence-corrected chi connectivity index (χ4v) is 3.55. The van der Waals surface area contributed by atoms with Crippen molar-refractivity contribution < 1.29 is 28.7 Å². The molecule has 0 radical (unpaired) electrons. The molecule has 5 rings (SSSR count). The number of hydrogen-bond acceptors (Lipinski definition) is 10. The third-order valence-electron chi connectivity index (χ3n) is 5.51. The zero-order chi connectivity index (χ0) is 29.9. The third-order valence-corrected chi connectivity index (χ3v) is 5.51. The Bertz CT molecular complexity index is 1760. The average Bonchev–Trinajstić information content (AvgIpc) is 3.44. The predicted octanol–water partition coefficient (Wildman–Crippen LogP) is 5.26. The number of anilines is 2. The van der Waals surface area contributed by atoms with Crippen molar-refractivity contribution in [3.63, 3.8) is 0 Å². The first-order chi connectivity index (χ1) is 20.3. The normalized spacial score (nSPS) is 9.98. The second-order valence-corrected chi connectivity index (χ2v) is 8.63. The van der Waals surface area contributed by atoms with Gasteiger partial charge in [0.15, 0.2) is 0 Å². The molecule has 0 bridgehead atoms. The van der Waals surface area contributed by atoms with Crippen molar-refractivity contribution in [1.82, 2.24) is 25.4 Å². The zero-order valence-corrected chi connectivity index (χ0v) is 22.9. The number of pyridine rings is 1. The molecule has 0 aliphatic heterocycles. The first-order valence-corrected chi connectivity index (χ1v) is 12.5. The molecule has 0 aliphatic rings. The monoisotopic (exact) mass is 566 g/mol. The van der Waals surface area contributed by atoms with Gasteiger partial charge in [-0.2, -0.15) is 0 Å². The smallest absolute Gasteiger partial charge is 0.407 e. The number of rotatable bonds is 6. The van der Waals surface area contributed by atoms with Gasteiger partial charge in [0.2, 0.25) is 5.76 Å². The van der Waals surface area contributed by atoms with Gasteiger partial charge in [-0.25, -0.2) is 19.6 Å². The fraction of sp³-hybridized carbons (Fsp3) is 0.133. The number of amides is 1. The Balaban J connectivity index is 0.000000385. The van der Waals surface area contributed by atoms with E-state index < -0.39 is 12.1 Å². The Kier molecular flexibility index (Phi) is 9.61. The summed E-state index contributed by atoms with van der Waals surface area (Å²) in [6.45, 7) is 3.83. The van der Waals surface area contributed by atoms with Gasteiger partial charge in [0.1, 0.15) is 23.6 Å². The van der Waals surface area contributed by atoms with Gasteiger partial charge in [-0.15, -0.1) is 0 Å². The molecule has 5 aromatic rings. The van der Waals surface area contributed by atoms with Crippen LogP contribution in [0.4, 0.5) is 16.3 Å². The molecular formula is C30H26N6O6. The second-order valence-electron chi connectivity index (χ2n) is 8.63. The van der Waals surface area contributed by atoms with Crippen LogP contribution in [0.25, 0.3) is 10.9 Å².